The normalized spacial score (nSPS) is 11.2. The summed E-state index contributed by atoms with van der Waals surface area (Å²) >= 11 is 1.58. The molecule has 0 fully saturated rings. The van der Waals surface area contributed by atoms with Gasteiger partial charge >= 0.3 is 0 Å². The molecule has 0 aliphatic rings. The largest absolute Gasteiger partial charge is 0.334 e. The Kier molecular flexibility index (Phi) is 4.98. The van der Waals surface area contributed by atoms with Gasteiger partial charge in [-0.3, -0.25) is 9.89 Å². The second-order valence-electron chi connectivity index (χ2n) is 6.37. The number of amides is 1. The van der Waals surface area contributed by atoms with Crippen LogP contribution in [0.4, 0.5) is 0 Å². The standard InChI is InChI=1S/C17H22N6OS/c1-11(2)16-18-5-6-23(16)9-13-7-15(21-20-13)17(24)22(4)8-14-10-25-12(3)19-14/h5-7,10-11H,8-9H2,1-4H3,(H,20,21). The molecule has 132 valence electrons. The number of aromatic amines is 1. The zero-order chi connectivity index (χ0) is 18.0. The Morgan fingerprint density at radius 1 is 1.44 bits per heavy atom. The molecule has 0 radical (unpaired) electrons. The first-order valence-electron chi connectivity index (χ1n) is 8.16. The van der Waals surface area contributed by atoms with Crippen LogP contribution in [0.25, 0.3) is 0 Å². The minimum absolute atomic E-state index is 0.122. The Balaban J connectivity index is 1.67. The fourth-order valence-electron chi connectivity index (χ4n) is 2.68. The van der Waals surface area contributed by atoms with Gasteiger partial charge in [-0.15, -0.1) is 11.3 Å². The van der Waals surface area contributed by atoms with Crippen LogP contribution in [0, 0.1) is 6.92 Å². The van der Waals surface area contributed by atoms with Crippen molar-refractivity contribution in [3.8, 4) is 0 Å². The summed E-state index contributed by atoms with van der Waals surface area (Å²) in [6.45, 7) is 7.26. The van der Waals surface area contributed by atoms with E-state index in [2.05, 4.69) is 38.6 Å². The summed E-state index contributed by atoms with van der Waals surface area (Å²) in [7, 11) is 1.76. The molecule has 3 rings (SSSR count). The molecule has 0 spiro atoms. The lowest BCUT2D eigenvalue weighted by Gasteiger charge is -2.13. The molecule has 3 aromatic rings. The van der Waals surface area contributed by atoms with E-state index in [4.69, 9.17) is 0 Å². The van der Waals surface area contributed by atoms with Gasteiger partial charge in [0.2, 0.25) is 0 Å². The number of aryl methyl sites for hydroxylation is 1. The van der Waals surface area contributed by atoms with Gasteiger partial charge in [0.25, 0.3) is 5.91 Å². The van der Waals surface area contributed by atoms with E-state index in [9.17, 15) is 4.79 Å². The summed E-state index contributed by atoms with van der Waals surface area (Å²) < 4.78 is 2.06. The minimum atomic E-state index is -0.122. The maximum atomic E-state index is 12.5. The van der Waals surface area contributed by atoms with Gasteiger partial charge in [0.1, 0.15) is 11.5 Å². The smallest absolute Gasteiger partial charge is 0.274 e. The average molecular weight is 358 g/mol. The average Bonchev–Trinajstić information content (AvgIpc) is 3.28. The van der Waals surface area contributed by atoms with Crippen LogP contribution in [0.5, 0.6) is 0 Å². The molecule has 25 heavy (non-hydrogen) atoms. The van der Waals surface area contributed by atoms with Crippen molar-refractivity contribution < 1.29 is 4.79 Å². The SMILES string of the molecule is Cc1nc(CN(C)C(=O)c2cc(Cn3ccnc3C(C)C)[nH]n2)cs1. The van der Waals surface area contributed by atoms with E-state index in [0.717, 1.165) is 22.2 Å². The van der Waals surface area contributed by atoms with Crippen LogP contribution in [0.2, 0.25) is 0 Å². The van der Waals surface area contributed by atoms with Crippen LogP contribution < -0.4 is 0 Å². The van der Waals surface area contributed by atoms with Crippen molar-refractivity contribution in [2.24, 2.45) is 0 Å². The highest BCUT2D eigenvalue weighted by molar-refractivity contribution is 7.09. The van der Waals surface area contributed by atoms with Gasteiger partial charge in [0, 0.05) is 30.7 Å². The molecule has 0 aliphatic carbocycles. The van der Waals surface area contributed by atoms with Crippen molar-refractivity contribution in [3.63, 3.8) is 0 Å². The molecule has 1 N–H and O–H groups in total. The Morgan fingerprint density at radius 2 is 2.24 bits per heavy atom. The van der Waals surface area contributed by atoms with Gasteiger partial charge in [-0.1, -0.05) is 13.8 Å². The summed E-state index contributed by atoms with van der Waals surface area (Å²) in [6.07, 6.45) is 3.73. The fourth-order valence-corrected chi connectivity index (χ4v) is 3.29. The Hall–Kier alpha value is -2.48. The van der Waals surface area contributed by atoms with Crippen LogP contribution in [0.15, 0.2) is 23.8 Å². The molecule has 7 nitrogen and oxygen atoms in total. The third-order valence-corrected chi connectivity index (χ3v) is 4.69. The summed E-state index contributed by atoms with van der Waals surface area (Å²) in [6, 6.07) is 1.80. The second-order valence-corrected chi connectivity index (χ2v) is 7.43. The predicted octanol–water partition coefficient (Wildman–Crippen LogP) is 2.82. The minimum Gasteiger partial charge on any atom is -0.334 e. The predicted molar refractivity (Wildman–Crippen MR) is 96.7 cm³/mol. The Morgan fingerprint density at radius 3 is 2.92 bits per heavy atom. The lowest BCUT2D eigenvalue weighted by molar-refractivity contribution is 0.0777. The Bertz CT molecular complexity index is 862. The topological polar surface area (TPSA) is 79.7 Å². The van der Waals surface area contributed by atoms with Gasteiger partial charge in [-0.05, 0) is 13.0 Å². The van der Waals surface area contributed by atoms with Crippen molar-refractivity contribution in [2.45, 2.75) is 39.8 Å². The summed E-state index contributed by atoms with van der Waals surface area (Å²) in [5, 5.41) is 10.1. The molecule has 8 heteroatoms. The van der Waals surface area contributed by atoms with Gasteiger partial charge in [0.05, 0.1) is 29.5 Å². The number of thiazole rings is 1. The highest BCUT2D eigenvalue weighted by Crippen LogP contribution is 2.15. The summed E-state index contributed by atoms with van der Waals surface area (Å²) in [5.41, 5.74) is 2.19. The Labute approximate surface area is 150 Å². The second kappa shape index (κ2) is 7.18. The highest BCUT2D eigenvalue weighted by Gasteiger charge is 2.17. The zero-order valence-corrected chi connectivity index (χ0v) is 15.7. The van der Waals surface area contributed by atoms with E-state index in [-0.39, 0.29) is 5.91 Å². The van der Waals surface area contributed by atoms with Gasteiger partial charge in [-0.25, -0.2) is 9.97 Å². The maximum Gasteiger partial charge on any atom is 0.274 e. The van der Waals surface area contributed by atoms with Crippen molar-refractivity contribution in [1.29, 1.82) is 0 Å². The lowest BCUT2D eigenvalue weighted by Crippen LogP contribution is -2.26. The van der Waals surface area contributed by atoms with Crippen molar-refractivity contribution >= 4 is 17.2 Å². The number of H-pyrrole nitrogens is 1. The van der Waals surface area contributed by atoms with Crippen LogP contribution in [-0.2, 0) is 13.1 Å². The first-order valence-corrected chi connectivity index (χ1v) is 9.03. The maximum absolute atomic E-state index is 12.5. The van der Waals surface area contributed by atoms with Gasteiger partial charge < -0.3 is 9.47 Å². The third-order valence-electron chi connectivity index (χ3n) is 3.87. The van der Waals surface area contributed by atoms with Crippen molar-refractivity contribution in [3.05, 3.63) is 51.8 Å². The van der Waals surface area contributed by atoms with E-state index < -0.39 is 0 Å². The zero-order valence-electron chi connectivity index (χ0n) is 14.9. The number of nitrogens with zero attached hydrogens (tertiary/aromatic N) is 5. The molecular formula is C17H22N6OS. The van der Waals surface area contributed by atoms with Crippen LogP contribution >= 0.6 is 11.3 Å². The van der Waals surface area contributed by atoms with E-state index in [1.54, 1.807) is 35.5 Å². The molecule has 0 saturated carbocycles. The lowest BCUT2D eigenvalue weighted by atomic mass is 10.2. The molecule has 3 aromatic heterocycles. The van der Waals surface area contributed by atoms with E-state index >= 15 is 0 Å². The fraction of sp³-hybridized carbons (Fsp3) is 0.412. The number of imidazole rings is 1. The summed E-state index contributed by atoms with van der Waals surface area (Å²) in [4.78, 5) is 22.9. The van der Waals surface area contributed by atoms with Crippen LogP contribution in [0.1, 0.15) is 52.5 Å². The highest BCUT2D eigenvalue weighted by atomic mass is 32.1. The van der Waals surface area contributed by atoms with Crippen molar-refractivity contribution in [2.75, 3.05) is 7.05 Å². The van der Waals surface area contributed by atoms with Gasteiger partial charge in [-0.2, -0.15) is 5.10 Å². The molecule has 3 heterocycles. The molecule has 0 saturated heterocycles. The van der Waals surface area contributed by atoms with E-state index in [0.29, 0.717) is 24.7 Å². The van der Waals surface area contributed by atoms with Gasteiger partial charge in [0.15, 0.2) is 0 Å². The summed E-state index contributed by atoms with van der Waals surface area (Å²) in [5.74, 6) is 1.23. The number of rotatable bonds is 6. The first kappa shape index (κ1) is 17.3. The molecule has 0 bridgehead atoms. The number of hydrogen-bond acceptors (Lipinski definition) is 5. The van der Waals surface area contributed by atoms with E-state index in [1.807, 2.05) is 18.5 Å². The molecule has 1 amide bonds. The number of carbonyl (C=O) groups is 1. The third kappa shape index (κ3) is 3.96. The molecular weight excluding hydrogens is 336 g/mol. The number of nitrogens with one attached hydrogen (secondary N) is 1. The first-order chi connectivity index (χ1) is 11.9. The molecule has 0 atom stereocenters. The number of hydrogen-bond donors (Lipinski definition) is 1. The number of carbonyl (C=O) groups excluding carboxylic acids is 1. The molecule has 0 aliphatic heterocycles. The molecule has 0 aromatic carbocycles. The quantitative estimate of drug-likeness (QED) is 0.735. The van der Waals surface area contributed by atoms with Crippen LogP contribution in [-0.4, -0.2) is 42.6 Å². The molecule has 0 unspecified atom stereocenters. The van der Waals surface area contributed by atoms with Crippen LogP contribution in [0.3, 0.4) is 0 Å². The van der Waals surface area contributed by atoms with E-state index in [1.165, 1.54) is 0 Å². The number of aromatic nitrogens is 5. The monoisotopic (exact) mass is 358 g/mol. The van der Waals surface area contributed by atoms with Crippen molar-refractivity contribution in [1.82, 2.24) is 29.6 Å².